The molecule has 4 rings (SSSR count). The van der Waals surface area contributed by atoms with E-state index in [4.69, 9.17) is 15.7 Å². The highest BCUT2D eigenvalue weighted by Crippen LogP contribution is 2.35. The Kier molecular flexibility index (Phi) is 6.96. The number of rotatable bonds is 6. The highest BCUT2D eigenvalue weighted by molar-refractivity contribution is 6.43. The fourth-order valence-corrected chi connectivity index (χ4v) is 4.45. The molecule has 1 aliphatic rings. The van der Waals surface area contributed by atoms with E-state index in [9.17, 15) is 18.0 Å². The van der Waals surface area contributed by atoms with Crippen molar-refractivity contribution in [3.8, 4) is 11.1 Å². The Hall–Kier alpha value is -3.56. The van der Waals surface area contributed by atoms with Crippen LogP contribution >= 0.6 is 0 Å². The van der Waals surface area contributed by atoms with E-state index in [1.807, 2.05) is 20.8 Å². The van der Waals surface area contributed by atoms with Gasteiger partial charge in [0.2, 0.25) is 5.95 Å². The number of aromatic nitrogens is 3. The number of urea groups is 1. The number of likely N-dealkylation sites (N-methyl/N-ethyl adjacent to an activating group) is 1. The summed E-state index contributed by atoms with van der Waals surface area (Å²) in [5.41, 5.74) is 0.889. The van der Waals surface area contributed by atoms with Gasteiger partial charge in [0.05, 0.1) is 33.0 Å². The largest absolute Gasteiger partial charge is 0.416 e. The maximum absolute atomic E-state index is 13.1. The molecule has 0 saturated carbocycles. The third kappa shape index (κ3) is 5.14. The molecular weight excluding hydrogens is 479 g/mol. The Morgan fingerprint density at radius 3 is 2.41 bits per heavy atom. The second-order valence-electron chi connectivity index (χ2n) is 9.44. The van der Waals surface area contributed by atoms with Crippen molar-refractivity contribution in [3.63, 3.8) is 0 Å². The number of carbonyl (C=O) groups is 1. The maximum Gasteiger partial charge on any atom is 0.416 e. The van der Waals surface area contributed by atoms with Gasteiger partial charge in [-0.3, -0.25) is 9.88 Å². The van der Waals surface area contributed by atoms with Crippen molar-refractivity contribution in [2.75, 3.05) is 17.3 Å². The molecule has 0 spiro atoms. The molecular formula is C25H25B2F3N6O. The second-order valence-corrected chi connectivity index (χ2v) is 9.44. The second kappa shape index (κ2) is 9.72. The summed E-state index contributed by atoms with van der Waals surface area (Å²) in [6.07, 6.45) is -1.37. The molecule has 2 atom stereocenters. The van der Waals surface area contributed by atoms with Gasteiger partial charge in [-0.15, -0.1) is 0 Å². The summed E-state index contributed by atoms with van der Waals surface area (Å²) in [6.45, 7) is 5.70. The first kappa shape index (κ1) is 26.5. The van der Waals surface area contributed by atoms with Crippen molar-refractivity contribution in [1.29, 1.82) is 0 Å². The first-order valence-electron chi connectivity index (χ1n) is 11.7. The van der Waals surface area contributed by atoms with Crippen LogP contribution in [-0.2, 0) is 6.18 Å². The molecule has 7 nitrogen and oxygen atoms in total. The summed E-state index contributed by atoms with van der Waals surface area (Å²) in [7, 11) is 14.1. The number of anilines is 2. The van der Waals surface area contributed by atoms with Crippen LogP contribution in [0.1, 0.15) is 38.1 Å². The average Bonchev–Trinajstić information content (AvgIpc) is 3.03. The molecule has 188 valence electrons. The Labute approximate surface area is 216 Å². The van der Waals surface area contributed by atoms with Crippen LogP contribution in [0.2, 0.25) is 0 Å². The number of benzene rings is 1. The van der Waals surface area contributed by atoms with Gasteiger partial charge in [0.25, 0.3) is 0 Å². The highest BCUT2D eigenvalue weighted by Gasteiger charge is 2.50. The van der Waals surface area contributed by atoms with E-state index in [2.05, 4.69) is 20.3 Å². The molecule has 1 unspecified atom stereocenters. The average molecular weight is 504 g/mol. The first-order chi connectivity index (χ1) is 17.3. The SMILES string of the molecule is [B]C1([B])C(C(C)C)N(c2ccnc(N[C@@H](C)c3ccc(-c4cccc(C(F)(F)F)c4)cn3)n2)C(=O)N1C. The normalized spacial score (nSPS) is 18.4. The van der Waals surface area contributed by atoms with Crippen LogP contribution in [0.25, 0.3) is 11.1 Å². The van der Waals surface area contributed by atoms with Crippen molar-refractivity contribution >= 4 is 33.5 Å². The lowest BCUT2D eigenvalue weighted by Crippen LogP contribution is -2.54. The number of carbonyl (C=O) groups excluding carboxylic acids is 1. The molecule has 0 aliphatic carbocycles. The summed E-state index contributed by atoms with van der Waals surface area (Å²) in [5, 5.41) is 1.78. The van der Waals surface area contributed by atoms with Gasteiger partial charge >= 0.3 is 12.2 Å². The standard InChI is InChI=1S/C25H25B2F3N6O/c1-14(2)21-24(26,27)35(4)23(37)36(21)20-10-11-31-22(34-20)33-15(3)19-9-8-17(13-32-19)16-6-5-7-18(12-16)25(28,29)30/h5-15,21H,1-4H3,(H,31,33,34)/t15-,21?/m0/s1. The van der Waals surface area contributed by atoms with Gasteiger partial charge in [0.15, 0.2) is 0 Å². The number of alkyl halides is 3. The highest BCUT2D eigenvalue weighted by atomic mass is 19.4. The molecule has 0 bridgehead atoms. The summed E-state index contributed by atoms with van der Waals surface area (Å²) in [5.74, 6) is 0.567. The van der Waals surface area contributed by atoms with Gasteiger partial charge in [-0.05, 0) is 48.0 Å². The van der Waals surface area contributed by atoms with Crippen molar-refractivity contribution in [3.05, 3.63) is 66.1 Å². The quantitative estimate of drug-likeness (QED) is 0.497. The zero-order valence-electron chi connectivity index (χ0n) is 20.9. The van der Waals surface area contributed by atoms with Gasteiger partial charge in [-0.1, -0.05) is 32.0 Å². The summed E-state index contributed by atoms with van der Waals surface area (Å²) < 4.78 is 39.2. The summed E-state index contributed by atoms with van der Waals surface area (Å²) >= 11 is 0. The lowest BCUT2D eigenvalue weighted by atomic mass is 9.55. The number of pyridine rings is 1. The number of amides is 2. The molecule has 1 fully saturated rings. The first-order valence-corrected chi connectivity index (χ1v) is 11.7. The van der Waals surface area contributed by atoms with E-state index in [1.165, 1.54) is 28.3 Å². The summed E-state index contributed by atoms with van der Waals surface area (Å²) in [6, 6.07) is 8.91. The van der Waals surface area contributed by atoms with Crippen LogP contribution in [0.15, 0.2) is 54.9 Å². The van der Waals surface area contributed by atoms with E-state index in [0.29, 0.717) is 22.6 Å². The third-order valence-electron chi connectivity index (χ3n) is 6.44. The van der Waals surface area contributed by atoms with Gasteiger partial charge in [0.1, 0.15) is 5.82 Å². The Morgan fingerprint density at radius 2 is 1.78 bits per heavy atom. The summed E-state index contributed by atoms with van der Waals surface area (Å²) in [4.78, 5) is 28.9. The van der Waals surface area contributed by atoms with Crippen molar-refractivity contribution in [2.24, 2.45) is 5.92 Å². The van der Waals surface area contributed by atoms with Crippen LogP contribution < -0.4 is 10.2 Å². The fourth-order valence-electron chi connectivity index (χ4n) is 4.45. The molecule has 4 radical (unpaired) electrons. The predicted octanol–water partition coefficient (Wildman–Crippen LogP) is 4.62. The molecule has 37 heavy (non-hydrogen) atoms. The zero-order chi connectivity index (χ0) is 27.1. The van der Waals surface area contributed by atoms with E-state index in [0.717, 1.165) is 12.1 Å². The van der Waals surface area contributed by atoms with Crippen molar-refractivity contribution in [2.45, 2.75) is 44.4 Å². The van der Waals surface area contributed by atoms with Crippen LogP contribution in [-0.4, -0.2) is 60.0 Å². The smallest absolute Gasteiger partial charge is 0.346 e. The van der Waals surface area contributed by atoms with Gasteiger partial charge in [0, 0.05) is 31.0 Å². The Balaban J connectivity index is 1.53. The third-order valence-corrected chi connectivity index (χ3v) is 6.44. The van der Waals surface area contributed by atoms with E-state index >= 15 is 0 Å². The molecule has 1 aromatic carbocycles. The molecule has 12 heteroatoms. The Morgan fingerprint density at radius 1 is 1.05 bits per heavy atom. The minimum Gasteiger partial charge on any atom is -0.346 e. The zero-order valence-corrected chi connectivity index (χ0v) is 20.9. The minimum absolute atomic E-state index is 0.0475. The number of hydrogen-bond acceptors (Lipinski definition) is 5. The molecule has 1 aliphatic heterocycles. The van der Waals surface area contributed by atoms with Gasteiger partial charge < -0.3 is 10.2 Å². The van der Waals surface area contributed by atoms with Gasteiger partial charge in [-0.2, -0.15) is 18.2 Å². The lowest BCUT2D eigenvalue weighted by molar-refractivity contribution is -0.137. The Bertz CT molecular complexity index is 1290. The molecule has 1 N–H and O–H groups in total. The van der Waals surface area contributed by atoms with Crippen molar-refractivity contribution < 1.29 is 18.0 Å². The number of hydrogen-bond donors (Lipinski definition) is 1. The minimum atomic E-state index is -4.42. The van der Waals surface area contributed by atoms with Gasteiger partial charge in [-0.25, -0.2) is 9.78 Å². The molecule has 2 amide bonds. The number of halogens is 3. The van der Waals surface area contributed by atoms with Crippen LogP contribution in [0.5, 0.6) is 0 Å². The lowest BCUT2D eigenvalue weighted by Gasteiger charge is -2.37. The van der Waals surface area contributed by atoms with E-state index in [1.54, 1.807) is 31.3 Å². The van der Waals surface area contributed by atoms with E-state index in [-0.39, 0.29) is 23.9 Å². The van der Waals surface area contributed by atoms with Crippen molar-refractivity contribution in [1.82, 2.24) is 19.9 Å². The monoisotopic (exact) mass is 504 g/mol. The fraction of sp³-hybridized carbons (Fsp3) is 0.360. The molecule has 3 aromatic rings. The predicted molar refractivity (Wildman–Crippen MR) is 137 cm³/mol. The van der Waals surface area contributed by atoms with Crippen LogP contribution in [0.4, 0.5) is 29.7 Å². The number of nitrogens with zero attached hydrogens (tertiary/aromatic N) is 5. The number of nitrogens with one attached hydrogen (secondary N) is 1. The molecule has 1 saturated heterocycles. The molecule has 2 aromatic heterocycles. The van der Waals surface area contributed by atoms with E-state index < -0.39 is 23.1 Å². The van der Waals surface area contributed by atoms with Crippen LogP contribution in [0.3, 0.4) is 0 Å². The maximum atomic E-state index is 13.1. The topological polar surface area (TPSA) is 74.2 Å². The molecule has 3 heterocycles. The van der Waals surface area contributed by atoms with Crippen LogP contribution in [0, 0.1) is 5.92 Å².